The van der Waals surface area contributed by atoms with Crippen molar-refractivity contribution in [2.45, 2.75) is 45.6 Å². The van der Waals surface area contributed by atoms with Crippen molar-refractivity contribution in [1.29, 1.82) is 0 Å². The Morgan fingerprint density at radius 2 is 2.00 bits per heavy atom. The highest BCUT2D eigenvalue weighted by Crippen LogP contribution is 2.30. The fourth-order valence-corrected chi connectivity index (χ4v) is 2.18. The van der Waals surface area contributed by atoms with Crippen molar-refractivity contribution in [2.24, 2.45) is 11.8 Å². The summed E-state index contributed by atoms with van der Waals surface area (Å²) in [4.78, 5) is 0. The maximum atomic E-state index is 5.81. The van der Waals surface area contributed by atoms with E-state index in [-0.39, 0.29) is 0 Å². The molecule has 0 aromatic heterocycles. The van der Waals surface area contributed by atoms with Gasteiger partial charge in [-0.15, -0.1) is 0 Å². The summed E-state index contributed by atoms with van der Waals surface area (Å²) < 4.78 is 5.81. The van der Waals surface area contributed by atoms with E-state index >= 15 is 0 Å². The standard InChI is InChI=1S/C11H21BrO/c1-9-4-5-11(8-10(9)2)13-7-3-6-12/h9-11H,3-8H2,1-2H3. The Morgan fingerprint density at radius 1 is 1.23 bits per heavy atom. The first kappa shape index (κ1) is 11.5. The van der Waals surface area contributed by atoms with Gasteiger partial charge in [-0.2, -0.15) is 0 Å². The summed E-state index contributed by atoms with van der Waals surface area (Å²) in [5.41, 5.74) is 0. The third-order valence-corrected chi connectivity index (χ3v) is 3.74. The molecule has 0 N–H and O–H groups in total. The lowest BCUT2D eigenvalue weighted by molar-refractivity contribution is 0.00344. The lowest BCUT2D eigenvalue weighted by Crippen LogP contribution is -2.27. The molecule has 3 unspecified atom stereocenters. The van der Waals surface area contributed by atoms with Crippen LogP contribution in [0.2, 0.25) is 0 Å². The molecule has 3 atom stereocenters. The molecule has 0 heterocycles. The summed E-state index contributed by atoms with van der Waals surface area (Å²) >= 11 is 3.42. The van der Waals surface area contributed by atoms with Gasteiger partial charge in [0.25, 0.3) is 0 Å². The largest absolute Gasteiger partial charge is 0.378 e. The average Bonchev–Trinajstić information content (AvgIpc) is 2.12. The monoisotopic (exact) mass is 248 g/mol. The smallest absolute Gasteiger partial charge is 0.0577 e. The minimum absolute atomic E-state index is 0.547. The second-order valence-electron chi connectivity index (χ2n) is 4.30. The zero-order chi connectivity index (χ0) is 9.68. The molecular weight excluding hydrogens is 228 g/mol. The van der Waals surface area contributed by atoms with Crippen LogP contribution in [0.25, 0.3) is 0 Å². The van der Waals surface area contributed by atoms with Crippen LogP contribution in [0.1, 0.15) is 39.5 Å². The van der Waals surface area contributed by atoms with E-state index < -0.39 is 0 Å². The molecule has 1 aliphatic carbocycles. The van der Waals surface area contributed by atoms with Gasteiger partial charge in [0.1, 0.15) is 0 Å². The van der Waals surface area contributed by atoms with Gasteiger partial charge in [0.05, 0.1) is 6.10 Å². The van der Waals surface area contributed by atoms with Gasteiger partial charge < -0.3 is 4.74 Å². The van der Waals surface area contributed by atoms with Gasteiger partial charge in [-0.25, -0.2) is 0 Å². The van der Waals surface area contributed by atoms with Crippen molar-refractivity contribution in [3.8, 4) is 0 Å². The van der Waals surface area contributed by atoms with E-state index in [0.717, 1.165) is 30.2 Å². The summed E-state index contributed by atoms with van der Waals surface area (Å²) in [5.74, 6) is 1.75. The molecule has 1 saturated carbocycles. The van der Waals surface area contributed by atoms with Gasteiger partial charge >= 0.3 is 0 Å². The molecule has 13 heavy (non-hydrogen) atoms. The van der Waals surface area contributed by atoms with Gasteiger partial charge in [0.2, 0.25) is 0 Å². The Morgan fingerprint density at radius 3 is 2.62 bits per heavy atom. The van der Waals surface area contributed by atoms with Gasteiger partial charge in [-0.3, -0.25) is 0 Å². The SMILES string of the molecule is CC1CCC(OCCCBr)CC1C. The lowest BCUT2D eigenvalue weighted by atomic mass is 9.80. The molecule has 1 aliphatic rings. The first-order valence-corrected chi connectivity index (χ1v) is 6.53. The molecule has 2 heteroatoms. The summed E-state index contributed by atoms with van der Waals surface area (Å²) in [5, 5.41) is 1.06. The molecule has 0 saturated heterocycles. The van der Waals surface area contributed by atoms with Crippen molar-refractivity contribution < 1.29 is 4.74 Å². The Labute approximate surface area is 90.4 Å². The summed E-state index contributed by atoms with van der Waals surface area (Å²) in [6.07, 6.45) is 5.57. The maximum Gasteiger partial charge on any atom is 0.0577 e. The number of rotatable bonds is 4. The highest BCUT2D eigenvalue weighted by atomic mass is 79.9. The molecule has 0 amide bonds. The summed E-state index contributed by atoms with van der Waals surface area (Å²) in [7, 11) is 0. The van der Waals surface area contributed by atoms with E-state index in [2.05, 4.69) is 29.8 Å². The van der Waals surface area contributed by atoms with Crippen LogP contribution in [0.5, 0.6) is 0 Å². The van der Waals surface area contributed by atoms with Crippen LogP contribution in [0, 0.1) is 11.8 Å². The molecule has 0 bridgehead atoms. The third-order valence-electron chi connectivity index (χ3n) is 3.18. The zero-order valence-corrected chi connectivity index (χ0v) is 10.3. The highest BCUT2D eigenvalue weighted by Gasteiger charge is 2.24. The van der Waals surface area contributed by atoms with Crippen molar-refractivity contribution in [1.82, 2.24) is 0 Å². The van der Waals surface area contributed by atoms with Gasteiger partial charge in [0, 0.05) is 11.9 Å². The van der Waals surface area contributed by atoms with Crippen molar-refractivity contribution >= 4 is 15.9 Å². The lowest BCUT2D eigenvalue weighted by Gasteiger charge is -2.31. The van der Waals surface area contributed by atoms with Crippen LogP contribution in [-0.4, -0.2) is 18.0 Å². The van der Waals surface area contributed by atoms with E-state index in [1.807, 2.05) is 0 Å². The molecule has 0 radical (unpaired) electrons. The zero-order valence-electron chi connectivity index (χ0n) is 8.76. The molecule has 0 aromatic rings. The van der Waals surface area contributed by atoms with Crippen molar-refractivity contribution in [2.75, 3.05) is 11.9 Å². The van der Waals surface area contributed by atoms with Crippen LogP contribution < -0.4 is 0 Å². The maximum absolute atomic E-state index is 5.81. The molecule has 0 spiro atoms. The van der Waals surface area contributed by atoms with Gasteiger partial charge in [-0.1, -0.05) is 29.8 Å². The van der Waals surface area contributed by atoms with Crippen molar-refractivity contribution in [3.63, 3.8) is 0 Å². The number of halogens is 1. The predicted molar refractivity (Wildman–Crippen MR) is 60.3 cm³/mol. The second-order valence-corrected chi connectivity index (χ2v) is 5.10. The Kier molecular flexibility index (Phi) is 5.34. The predicted octanol–water partition coefficient (Wildman–Crippen LogP) is 3.61. The average molecular weight is 249 g/mol. The molecule has 1 nitrogen and oxygen atoms in total. The minimum Gasteiger partial charge on any atom is -0.378 e. The van der Waals surface area contributed by atoms with E-state index in [9.17, 15) is 0 Å². The van der Waals surface area contributed by atoms with Crippen LogP contribution in [0.3, 0.4) is 0 Å². The molecule has 78 valence electrons. The van der Waals surface area contributed by atoms with E-state index in [4.69, 9.17) is 4.74 Å². The van der Waals surface area contributed by atoms with Crippen LogP contribution >= 0.6 is 15.9 Å². The number of ether oxygens (including phenoxy) is 1. The Bertz CT molecular complexity index is 138. The fourth-order valence-electron chi connectivity index (χ4n) is 1.95. The third kappa shape index (κ3) is 3.99. The molecule has 1 rings (SSSR count). The molecule has 1 fully saturated rings. The van der Waals surface area contributed by atoms with Crippen molar-refractivity contribution in [3.05, 3.63) is 0 Å². The minimum atomic E-state index is 0.547. The quantitative estimate of drug-likeness (QED) is 0.546. The Hall–Kier alpha value is 0.440. The summed E-state index contributed by atoms with van der Waals surface area (Å²) in [6, 6.07) is 0. The topological polar surface area (TPSA) is 9.23 Å². The van der Waals surface area contributed by atoms with E-state index in [1.165, 1.54) is 19.3 Å². The van der Waals surface area contributed by atoms with E-state index in [0.29, 0.717) is 6.10 Å². The first-order chi connectivity index (χ1) is 6.24. The number of hydrogen-bond donors (Lipinski definition) is 0. The molecule has 0 aromatic carbocycles. The molecular formula is C11H21BrO. The summed E-state index contributed by atoms with van der Waals surface area (Å²) in [6.45, 7) is 5.64. The van der Waals surface area contributed by atoms with Crippen LogP contribution in [0.15, 0.2) is 0 Å². The Balaban J connectivity index is 2.14. The van der Waals surface area contributed by atoms with Crippen LogP contribution in [-0.2, 0) is 4.74 Å². The normalized spacial score (nSPS) is 34.8. The second kappa shape index (κ2) is 6.02. The van der Waals surface area contributed by atoms with Crippen LogP contribution in [0.4, 0.5) is 0 Å². The van der Waals surface area contributed by atoms with E-state index in [1.54, 1.807) is 0 Å². The first-order valence-electron chi connectivity index (χ1n) is 5.41. The highest BCUT2D eigenvalue weighted by molar-refractivity contribution is 9.09. The molecule has 0 aliphatic heterocycles. The van der Waals surface area contributed by atoms with Gasteiger partial charge in [-0.05, 0) is 37.5 Å². The van der Waals surface area contributed by atoms with Gasteiger partial charge in [0.15, 0.2) is 0 Å². The number of alkyl halides is 1. The fraction of sp³-hybridized carbons (Fsp3) is 1.00. The number of hydrogen-bond acceptors (Lipinski definition) is 1.